The zero-order valence-electron chi connectivity index (χ0n) is 13.9. The van der Waals surface area contributed by atoms with Crippen LogP contribution >= 0.6 is 11.8 Å². The minimum Gasteiger partial charge on any atom is -0.371 e. The molecular weight excluding hydrogens is 304 g/mol. The maximum Gasteiger partial charge on any atom is 0.187 e. The van der Waals surface area contributed by atoms with Crippen molar-refractivity contribution in [2.24, 2.45) is 5.92 Å². The van der Waals surface area contributed by atoms with Crippen molar-refractivity contribution in [1.29, 1.82) is 0 Å². The van der Waals surface area contributed by atoms with Crippen molar-refractivity contribution in [3.63, 3.8) is 0 Å². The number of hydrogen-bond donors (Lipinski definition) is 0. The Morgan fingerprint density at radius 1 is 1.22 bits per heavy atom. The van der Waals surface area contributed by atoms with Crippen molar-refractivity contribution in [2.45, 2.75) is 18.1 Å². The lowest BCUT2D eigenvalue weighted by atomic mass is 10.1. The van der Waals surface area contributed by atoms with E-state index >= 15 is 0 Å². The number of anilines is 1. The van der Waals surface area contributed by atoms with E-state index in [1.807, 2.05) is 18.6 Å². The normalized spacial score (nSPS) is 17.9. The van der Waals surface area contributed by atoms with Crippen LogP contribution in [0.25, 0.3) is 0 Å². The smallest absolute Gasteiger partial charge is 0.187 e. The van der Waals surface area contributed by atoms with Gasteiger partial charge in [0, 0.05) is 49.8 Å². The van der Waals surface area contributed by atoms with E-state index in [0.717, 1.165) is 37.3 Å². The molecule has 1 fully saturated rings. The maximum atomic E-state index is 4.35. The van der Waals surface area contributed by atoms with Crippen LogP contribution in [-0.4, -0.2) is 47.8 Å². The van der Waals surface area contributed by atoms with Crippen LogP contribution in [0.4, 0.5) is 5.69 Å². The molecule has 0 bridgehead atoms. The minimum atomic E-state index is 0.728. The van der Waals surface area contributed by atoms with Crippen LogP contribution in [0.15, 0.2) is 47.9 Å². The molecule has 0 N–H and O–H groups in total. The third-order valence-electron chi connectivity index (χ3n) is 4.29. The second-order valence-electron chi connectivity index (χ2n) is 6.21. The lowest BCUT2D eigenvalue weighted by Crippen LogP contribution is -2.28. The molecular formula is C18H24N4S. The van der Waals surface area contributed by atoms with Crippen LogP contribution in [0.5, 0.6) is 0 Å². The lowest BCUT2D eigenvalue weighted by Gasteiger charge is -2.22. The quantitative estimate of drug-likeness (QED) is 0.601. The summed E-state index contributed by atoms with van der Waals surface area (Å²) in [5.41, 5.74) is 2.53. The molecule has 0 spiro atoms. The second-order valence-corrected chi connectivity index (χ2v) is 6.98. The predicted octanol–water partition coefficient (Wildman–Crippen LogP) is 3.16. The molecule has 1 saturated heterocycles. The highest BCUT2D eigenvalue weighted by molar-refractivity contribution is 7.98. The van der Waals surface area contributed by atoms with Gasteiger partial charge in [-0.15, -0.1) is 0 Å². The molecule has 1 aromatic carbocycles. The molecule has 0 saturated carbocycles. The van der Waals surface area contributed by atoms with Gasteiger partial charge in [-0.05, 0) is 37.8 Å². The number of hydrogen-bond acceptors (Lipinski definition) is 5. The fourth-order valence-corrected chi connectivity index (χ4v) is 3.52. The van der Waals surface area contributed by atoms with Gasteiger partial charge in [0.2, 0.25) is 0 Å². The highest BCUT2D eigenvalue weighted by Crippen LogP contribution is 2.24. The van der Waals surface area contributed by atoms with Gasteiger partial charge in [-0.25, -0.2) is 9.97 Å². The van der Waals surface area contributed by atoms with Gasteiger partial charge in [-0.3, -0.25) is 0 Å². The van der Waals surface area contributed by atoms with E-state index in [9.17, 15) is 0 Å². The van der Waals surface area contributed by atoms with Crippen molar-refractivity contribution >= 4 is 17.4 Å². The largest absolute Gasteiger partial charge is 0.371 e. The Bertz CT molecular complexity index is 602. The zero-order valence-corrected chi connectivity index (χ0v) is 14.7. The minimum absolute atomic E-state index is 0.728. The summed E-state index contributed by atoms with van der Waals surface area (Å²) >= 11 is 1.58. The molecule has 5 heteroatoms. The molecule has 23 heavy (non-hydrogen) atoms. The molecule has 1 aliphatic heterocycles. The number of thioether (sulfide) groups is 1. The van der Waals surface area contributed by atoms with Gasteiger partial charge >= 0.3 is 0 Å². The molecule has 122 valence electrons. The van der Waals surface area contributed by atoms with Gasteiger partial charge in [0.1, 0.15) is 0 Å². The Hall–Kier alpha value is -1.59. The van der Waals surface area contributed by atoms with Crippen molar-refractivity contribution in [3.8, 4) is 0 Å². The topological polar surface area (TPSA) is 32.3 Å². The Kier molecular flexibility index (Phi) is 5.51. The van der Waals surface area contributed by atoms with E-state index in [1.54, 1.807) is 11.8 Å². The third kappa shape index (κ3) is 4.45. The van der Waals surface area contributed by atoms with Crippen LogP contribution in [0.1, 0.15) is 12.0 Å². The van der Waals surface area contributed by atoms with Gasteiger partial charge in [0.25, 0.3) is 0 Å². The average molecular weight is 328 g/mol. The van der Waals surface area contributed by atoms with Crippen molar-refractivity contribution in [1.82, 2.24) is 14.9 Å². The van der Waals surface area contributed by atoms with Gasteiger partial charge in [-0.1, -0.05) is 30.0 Å². The van der Waals surface area contributed by atoms with Gasteiger partial charge in [-0.2, -0.15) is 0 Å². The van der Waals surface area contributed by atoms with E-state index in [4.69, 9.17) is 0 Å². The Labute approximate surface area is 142 Å². The first kappa shape index (κ1) is 16.3. The maximum absolute atomic E-state index is 4.35. The number of para-hydroxylation sites is 1. The van der Waals surface area contributed by atoms with Gasteiger partial charge in [0.05, 0.1) is 0 Å². The molecule has 4 nitrogen and oxygen atoms in total. The highest BCUT2D eigenvalue weighted by atomic mass is 32.2. The zero-order chi connectivity index (χ0) is 16.1. The average Bonchev–Trinajstić information content (AvgIpc) is 3.04. The summed E-state index contributed by atoms with van der Waals surface area (Å²) in [6, 6.07) is 10.7. The lowest BCUT2D eigenvalue weighted by molar-refractivity contribution is 0.278. The molecule has 3 rings (SSSR count). The summed E-state index contributed by atoms with van der Waals surface area (Å²) in [4.78, 5) is 13.6. The summed E-state index contributed by atoms with van der Waals surface area (Å²) in [6.45, 7) is 4.34. The Morgan fingerprint density at radius 3 is 2.65 bits per heavy atom. The molecule has 2 aromatic rings. The van der Waals surface area contributed by atoms with Crippen molar-refractivity contribution < 1.29 is 0 Å². The van der Waals surface area contributed by atoms with Crippen LogP contribution in [0, 0.1) is 5.92 Å². The Morgan fingerprint density at radius 2 is 1.96 bits per heavy atom. The summed E-state index contributed by atoms with van der Waals surface area (Å²) in [6.07, 6.45) is 7.15. The van der Waals surface area contributed by atoms with E-state index in [1.165, 1.54) is 17.7 Å². The van der Waals surface area contributed by atoms with Crippen molar-refractivity contribution in [2.75, 3.05) is 37.8 Å². The van der Waals surface area contributed by atoms with Crippen molar-refractivity contribution in [3.05, 3.63) is 48.3 Å². The predicted molar refractivity (Wildman–Crippen MR) is 96.9 cm³/mol. The monoisotopic (exact) mass is 328 g/mol. The molecule has 2 heterocycles. The van der Waals surface area contributed by atoms with E-state index in [-0.39, 0.29) is 0 Å². The summed E-state index contributed by atoms with van der Waals surface area (Å²) < 4.78 is 0. The van der Waals surface area contributed by atoms with Gasteiger partial charge in [0.15, 0.2) is 5.16 Å². The van der Waals surface area contributed by atoms with Gasteiger partial charge < -0.3 is 9.80 Å². The third-order valence-corrected chi connectivity index (χ3v) is 4.87. The number of benzene rings is 1. The van der Waals surface area contributed by atoms with Crippen LogP contribution in [0.2, 0.25) is 0 Å². The van der Waals surface area contributed by atoms with E-state index < -0.39 is 0 Å². The number of nitrogens with zero attached hydrogens (tertiary/aromatic N) is 4. The Balaban J connectivity index is 1.49. The summed E-state index contributed by atoms with van der Waals surface area (Å²) in [5.74, 6) is 0.728. The van der Waals surface area contributed by atoms with E-state index in [2.05, 4.69) is 57.1 Å². The summed E-state index contributed by atoms with van der Waals surface area (Å²) in [7, 11) is 2.19. The molecule has 1 atom stereocenters. The second kappa shape index (κ2) is 7.79. The first-order valence-electron chi connectivity index (χ1n) is 8.08. The first-order chi connectivity index (χ1) is 11.2. The fraction of sp³-hybridized carbons (Fsp3) is 0.444. The van der Waals surface area contributed by atoms with E-state index in [0.29, 0.717) is 0 Å². The molecule has 0 unspecified atom stereocenters. The molecule has 0 radical (unpaired) electrons. The number of aromatic nitrogens is 2. The van der Waals surface area contributed by atoms with Crippen LogP contribution in [0.3, 0.4) is 0 Å². The fourth-order valence-electron chi connectivity index (χ4n) is 3.20. The first-order valence-corrected chi connectivity index (χ1v) is 9.30. The summed E-state index contributed by atoms with van der Waals surface area (Å²) in [5, 5.41) is 0.839. The molecule has 0 aliphatic carbocycles. The van der Waals surface area contributed by atoms with Crippen LogP contribution < -0.4 is 4.90 Å². The number of rotatable bonds is 6. The SMILES string of the molecule is CSc1ncc(CN(C)C[C@@H]2CCN(c3ccccc3)C2)cn1. The molecule has 1 aliphatic rings. The van der Waals surface area contributed by atoms with Crippen LogP contribution in [-0.2, 0) is 6.54 Å². The molecule has 0 amide bonds. The highest BCUT2D eigenvalue weighted by Gasteiger charge is 2.23. The standard InChI is InChI=1S/C18H24N4S/c1-21(13-16-10-19-18(23-2)20-11-16)12-15-8-9-22(14-15)17-6-4-3-5-7-17/h3-7,10-11,15H,8-9,12-14H2,1-2H3/t15-/m0/s1. The molecule has 1 aromatic heterocycles.